The average molecular weight is 322 g/mol. The van der Waals surface area contributed by atoms with Gasteiger partial charge in [0, 0.05) is 18.9 Å². The molecule has 0 radical (unpaired) electrons. The van der Waals surface area contributed by atoms with Gasteiger partial charge in [0.2, 0.25) is 0 Å². The number of nitrogens with zero attached hydrogens (tertiary/aromatic N) is 3. The van der Waals surface area contributed by atoms with Gasteiger partial charge >= 0.3 is 0 Å². The third-order valence-electron chi connectivity index (χ3n) is 3.64. The van der Waals surface area contributed by atoms with Gasteiger partial charge in [-0.2, -0.15) is 5.10 Å². The molecule has 0 aromatic carbocycles. The third-order valence-corrected chi connectivity index (χ3v) is 3.64. The fourth-order valence-electron chi connectivity index (χ4n) is 2.49. The normalized spacial score (nSPS) is 17.5. The topological polar surface area (TPSA) is 71.8 Å². The molecule has 1 saturated heterocycles. The van der Waals surface area contributed by atoms with Crippen molar-refractivity contribution in [1.29, 1.82) is 0 Å². The molecule has 6 nitrogen and oxygen atoms in total. The first-order valence-corrected chi connectivity index (χ1v) is 7.27. The van der Waals surface area contributed by atoms with Gasteiger partial charge in [-0.25, -0.2) is 0 Å². The summed E-state index contributed by atoms with van der Waals surface area (Å²) in [6, 6.07) is 7.75. The van der Waals surface area contributed by atoms with Crippen molar-refractivity contribution >= 4 is 18.3 Å². The van der Waals surface area contributed by atoms with E-state index in [9.17, 15) is 4.79 Å². The van der Waals surface area contributed by atoms with E-state index in [1.165, 1.54) is 0 Å². The van der Waals surface area contributed by atoms with Gasteiger partial charge in [0.1, 0.15) is 5.69 Å². The Labute approximate surface area is 135 Å². The van der Waals surface area contributed by atoms with Crippen LogP contribution in [-0.4, -0.2) is 33.8 Å². The Kier molecular flexibility index (Phi) is 5.91. The van der Waals surface area contributed by atoms with Crippen molar-refractivity contribution in [3.63, 3.8) is 0 Å². The molecule has 3 heterocycles. The zero-order chi connectivity index (χ0) is 14.5. The molecular formula is C15H20ClN5O. The molecule has 0 saturated carbocycles. The second kappa shape index (κ2) is 7.91. The molecule has 2 aromatic heterocycles. The molecule has 7 heteroatoms. The highest BCUT2D eigenvalue weighted by atomic mass is 35.5. The molecular weight excluding hydrogens is 302 g/mol. The first-order valence-electron chi connectivity index (χ1n) is 7.27. The Hall–Kier alpha value is -1.92. The number of rotatable bonds is 4. The minimum Gasteiger partial charge on any atom is -0.345 e. The summed E-state index contributed by atoms with van der Waals surface area (Å²) in [7, 11) is 0. The van der Waals surface area contributed by atoms with Gasteiger partial charge < -0.3 is 10.6 Å². The lowest BCUT2D eigenvalue weighted by atomic mass is 10.1. The fourth-order valence-corrected chi connectivity index (χ4v) is 2.49. The Morgan fingerprint density at radius 3 is 3.05 bits per heavy atom. The molecule has 1 unspecified atom stereocenters. The number of pyridine rings is 1. The van der Waals surface area contributed by atoms with Gasteiger partial charge in [-0.05, 0) is 37.6 Å². The predicted molar refractivity (Wildman–Crippen MR) is 86.0 cm³/mol. The monoisotopic (exact) mass is 321 g/mol. The van der Waals surface area contributed by atoms with Gasteiger partial charge in [0.05, 0.1) is 18.3 Å². The van der Waals surface area contributed by atoms with Crippen LogP contribution in [0.5, 0.6) is 0 Å². The zero-order valence-corrected chi connectivity index (χ0v) is 13.1. The van der Waals surface area contributed by atoms with E-state index >= 15 is 0 Å². The van der Waals surface area contributed by atoms with Crippen molar-refractivity contribution in [3.8, 4) is 0 Å². The predicted octanol–water partition coefficient (Wildman–Crippen LogP) is 1.55. The summed E-state index contributed by atoms with van der Waals surface area (Å²) in [5, 5.41) is 10.6. The fraction of sp³-hybridized carbons (Fsp3) is 0.400. The minimum atomic E-state index is -0.164. The summed E-state index contributed by atoms with van der Waals surface area (Å²) in [6.45, 7) is 2.39. The highest BCUT2D eigenvalue weighted by Crippen LogP contribution is 2.15. The molecule has 22 heavy (non-hydrogen) atoms. The number of amides is 1. The van der Waals surface area contributed by atoms with Crippen molar-refractivity contribution < 1.29 is 4.79 Å². The second-order valence-corrected chi connectivity index (χ2v) is 5.18. The Morgan fingerprint density at radius 2 is 2.32 bits per heavy atom. The molecule has 2 aromatic rings. The third kappa shape index (κ3) is 4.05. The van der Waals surface area contributed by atoms with Crippen LogP contribution in [0.15, 0.2) is 36.7 Å². The van der Waals surface area contributed by atoms with Crippen molar-refractivity contribution in [1.82, 2.24) is 25.4 Å². The van der Waals surface area contributed by atoms with Gasteiger partial charge in [-0.1, -0.05) is 6.07 Å². The molecule has 0 spiro atoms. The lowest BCUT2D eigenvalue weighted by molar-refractivity contribution is 0.0944. The molecule has 2 N–H and O–H groups in total. The number of carbonyl (C=O) groups excluding carboxylic acids is 1. The van der Waals surface area contributed by atoms with E-state index in [1.807, 2.05) is 29.1 Å². The average Bonchev–Trinajstić information content (AvgIpc) is 3.04. The van der Waals surface area contributed by atoms with E-state index in [1.54, 1.807) is 12.3 Å². The van der Waals surface area contributed by atoms with Crippen LogP contribution in [0, 0.1) is 0 Å². The van der Waals surface area contributed by atoms with Crippen LogP contribution >= 0.6 is 12.4 Å². The maximum absolute atomic E-state index is 12.1. The summed E-state index contributed by atoms with van der Waals surface area (Å²) >= 11 is 0. The van der Waals surface area contributed by atoms with Crippen molar-refractivity contribution in [3.05, 3.63) is 48.0 Å². The van der Waals surface area contributed by atoms with E-state index in [4.69, 9.17) is 0 Å². The van der Waals surface area contributed by atoms with Crippen LogP contribution in [0.25, 0.3) is 0 Å². The first-order chi connectivity index (χ1) is 10.3. The van der Waals surface area contributed by atoms with Crippen LogP contribution in [0.4, 0.5) is 0 Å². The highest BCUT2D eigenvalue weighted by molar-refractivity contribution is 5.92. The Balaban J connectivity index is 0.00000176. The Morgan fingerprint density at radius 1 is 1.41 bits per heavy atom. The number of aromatic nitrogens is 3. The maximum Gasteiger partial charge on any atom is 0.272 e. The molecule has 0 aliphatic carbocycles. The smallest absolute Gasteiger partial charge is 0.272 e. The molecule has 1 aliphatic heterocycles. The number of piperidine rings is 1. The highest BCUT2D eigenvalue weighted by Gasteiger charge is 2.17. The first kappa shape index (κ1) is 16.5. The molecule has 1 amide bonds. The zero-order valence-electron chi connectivity index (χ0n) is 12.2. The standard InChI is InChI=1S/C15H19N5O.ClH/c21-15(18-10-12-4-1-2-8-17-12)14-6-9-20(19-14)13-5-3-7-16-11-13;/h1-2,4,6,8-9,13,16H,3,5,7,10-11H2,(H,18,21);1H. The van der Waals surface area contributed by atoms with E-state index in [0.717, 1.165) is 31.6 Å². The molecule has 1 aliphatic rings. The van der Waals surface area contributed by atoms with Crippen LogP contribution < -0.4 is 10.6 Å². The number of hydrogen-bond donors (Lipinski definition) is 2. The molecule has 3 rings (SSSR count). The second-order valence-electron chi connectivity index (χ2n) is 5.18. The van der Waals surface area contributed by atoms with Crippen molar-refractivity contribution in [2.45, 2.75) is 25.4 Å². The molecule has 1 atom stereocenters. The summed E-state index contributed by atoms with van der Waals surface area (Å²) < 4.78 is 1.89. The van der Waals surface area contributed by atoms with Gasteiger partial charge in [0.25, 0.3) is 5.91 Å². The quantitative estimate of drug-likeness (QED) is 0.896. The van der Waals surface area contributed by atoms with Crippen LogP contribution in [-0.2, 0) is 6.54 Å². The van der Waals surface area contributed by atoms with Crippen molar-refractivity contribution in [2.24, 2.45) is 0 Å². The largest absolute Gasteiger partial charge is 0.345 e. The van der Waals surface area contributed by atoms with Crippen LogP contribution in [0.2, 0.25) is 0 Å². The SMILES string of the molecule is Cl.O=C(NCc1ccccn1)c1ccn(C2CCCNC2)n1. The maximum atomic E-state index is 12.1. The lowest BCUT2D eigenvalue weighted by Crippen LogP contribution is -2.32. The van der Waals surface area contributed by atoms with Gasteiger partial charge in [0.15, 0.2) is 0 Å². The van der Waals surface area contributed by atoms with E-state index in [-0.39, 0.29) is 18.3 Å². The van der Waals surface area contributed by atoms with Gasteiger partial charge in [-0.15, -0.1) is 12.4 Å². The molecule has 118 valence electrons. The van der Waals surface area contributed by atoms with Crippen LogP contribution in [0.1, 0.15) is 35.1 Å². The minimum absolute atomic E-state index is 0. The summed E-state index contributed by atoms with van der Waals surface area (Å²) in [5.74, 6) is -0.164. The summed E-state index contributed by atoms with van der Waals surface area (Å²) in [6.07, 6.45) is 5.84. The number of carbonyl (C=O) groups is 1. The van der Waals surface area contributed by atoms with E-state index in [2.05, 4.69) is 20.7 Å². The van der Waals surface area contributed by atoms with Crippen LogP contribution in [0.3, 0.4) is 0 Å². The lowest BCUT2D eigenvalue weighted by Gasteiger charge is -2.22. The molecule has 0 bridgehead atoms. The van der Waals surface area contributed by atoms with E-state index < -0.39 is 0 Å². The van der Waals surface area contributed by atoms with E-state index in [0.29, 0.717) is 18.3 Å². The Bertz CT molecular complexity index is 595. The number of halogens is 1. The van der Waals surface area contributed by atoms with Gasteiger partial charge in [-0.3, -0.25) is 14.5 Å². The number of hydrogen-bond acceptors (Lipinski definition) is 4. The summed E-state index contributed by atoms with van der Waals surface area (Å²) in [4.78, 5) is 16.3. The molecule has 1 fully saturated rings. The summed E-state index contributed by atoms with van der Waals surface area (Å²) in [5.41, 5.74) is 1.29. The van der Waals surface area contributed by atoms with Crippen molar-refractivity contribution in [2.75, 3.05) is 13.1 Å². The number of nitrogens with one attached hydrogen (secondary N) is 2.